The Bertz CT molecular complexity index is 660. The van der Waals surface area contributed by atoms with Gasteiger partial charge in [-0.3, -0.25) is 14.2 Å². The number of nitrogens with one attached hydrogen (secondary N) is 2. The second-order valence-electron chi connectivity index (χ2n) is 6.30. The molecule has 132 valence electrons. The minimum absolute atomic E-state index is 0. The summed E-state index contributed by atoms with van der Waals surface area (Å²) in [6.45, 7) is 6.94. The SMILES string of the molecule is CC(C)n1cc(NC(=O)c2cn(CC3CCCNC3)nn2)cn1.Cl. The molecule has 1 saturated heterocycles. The molecule has 2 N–H and O–H groups in total. The van der Waals surface area contributed by atoms with Crippen LogP contribution in [0.4, 0.5) is 5.69 Å². The first kappa shape index (κ1) is 18.4. The maximum Gasteiger partial charge on any atom is 0.277 e. The summed E-state index contributed by atoms with van der Waals surface area (Å²) in [4.78, 5) is 12.2. The number of hydrogen-bond donors (Lipinski definition) is 2. The highest BCUT2D eigenvalue weighted by Crippen LogP contribution is 2.13. The highest BCUT2D eigenvalue weighted by molar-refractivity contribution is 6.02. The average molecular weight is 354 g/mol. The lowest BCUT2D eigenvalue weighted by molar-refractivity contribution is 0.102. The molecule has 1 fully saturated rings. The van der Waals surface area contributed by atoms with Crippen LogP contribution in [0.15, 0.2) is 18.6 Å². The standard InChI is InChI=1S/C15H23N7O.ClH/c1-11(2)22-9-13(7-17-22)18-15(23)14-10-21(20-19-14)8-12-4-3-5-16-6-12;/h7,9-12,16H,3-6,8H2,1-2H3,(H,18,23);1H. The van der Waals surface area contributed by atoms with Crippen LogP contribution in [0.5, 0.6) is 0 Å². The highest BCUT2D eigenvalue weighted by atomic mass is 35.5. The number of halogens is 1. The Morgan fingerprint density at radius 3 is 2.96 bits per heavy atom. The quantitative estimate of drug-likeness (QED) is 0.854. The summed E-state index contributed by atoms with van der Waals surface area (Å²) in [6, 6.07) is 0.255. The zero-order valence-corrected chi connectivity index (χ0v) is 14.8. The predicted octanol–water partition coefficient (Wildman–Crippen LogP) is 1.73. The van der Waals surface area contributed by atoms with Gasteiger partial charge in [-0.15, -0.1) is 17.5 Å². The molecule has 0 saturated carbocycles. The van der Waals surface area contributed by atoms with Crippen LogP contribution in [0, 0.1) is 5.92 Å². The van der Waals surface area contributed by atoms with E-state index in [4.69, 9.17) is 0 Å². The van der Waals surface area contributed by atoms with Crippen molar-refractivity contribution in [2.24, 2.45) is 5.92 Å². The Kier molecular flexibility index (Phi) is 6.33. The molecule has 2 aromatic rings. The summed E-state index contributed by atoms with van der Waals surface area (Å²) < 4.78 is 3.55. The summed E-state index contributed by atoms with van der Waals surface area (Å²) in [5.41, 5.74) is 0.987. The van der Waals surface area contributed by atoms with E-state index in [0.717, 1.165) is 19.6 Å². The Hall–Kier alpha value is -1.93. The van der Waals surface area contributed by atoms with E-state index >= 15 is 0 Å². The number of nitrogens with zero attached hydrogens (tertiary/aromatic N) is 5. The average Bonchev–Trinajstić information content (AvgIpc) is 3.18. The molecule has 1 unspecified atom stereocenters. The van der Waals surface area contributed by atoms with Crippen LogP contribution in [0.2, 0.25) is 0 Å². The van der Waals surface area contributed by atoms with Crippen molar-refractivity contribution in [1.29, 1.82) is 0 Å². The van der Waals surface area contributed by atoms with Crippen LogP contribution in [0.1, 0.15) is 43.2 Å². The molecule has 8 nitrogen and oxygen atoms in total. The van der Waals surface area contributed by atoms with Gasteiger partial charge >= 0.3 is 0 Å². The lowest BCUT2D eigenvalue weighted by atomic mass is 10.00. The first-order valence-corrected chi connectivity index (χ1v) is 8.08. The van der Waals surface area contributed by atoms with E-state index in [9.17, 15) is 4.79 Å². The van der Waals surface area contributed by atoms with Gasteiger partial charge in [-0.05, 0) is 45.7 Å². The summed E-state index contributed by atoms with van der Waals surface area (Å²) >= 11 is 0. The maximum absolute atomic E-state index is 12.2. The number of aromatic nitrogens is 5. The Morgan fingerprint density at radius 2 is 2.29 bits per heavy atom. The molecule has 3 rings (SSSR count). The first-order valence-electron chi connectivity index (χ1n) is 8.08. The van der Waals surface area contributed by atoms with Gasteiger partial charge in [0.15, 0.2) is 5.69 Å². The lowest BCUT2D eigenvalue weighted by Crippen LogP contribution is -2.32. The summed E-state index contributed by atoms with van der Waals surface area (Å²) in [7, 11) is 0. The fourth-order valence-electron chi connectivity index (χ4n) is 2.72. The molecule has 2 aromatic heterocycles. The van der Waals surface area contributed by atoms with Gasteiger partial charge in [0.05, 0.1) is 18.1 Å². The Labute approximate surface area is 147 Å². The molecule has 9 heteroatoms. The van der Waals surface area contributed by atoms with Crippen molar-refractivity contribution in [3.05, 3.63) is 24.3 Å². The molecule has 0 spiro atoms. The normalized spacial score (nSPS) is 17.5. The monoisotopic (exact) mass is 353 g/mol. The topological polar surface area (TPSA) is 89.7 Å². The first-order chi connectivity index (χ1) is 11.1. The molecular weight excluding hydrogens is 330 g/mol. The van der Waals surface area contributed by atoms with E-state index in [-0.39, 0.29) is 24.4 Å². The number of hydrogen-bond acceptors (Lipinski definition) is 5. The fraction of sp³-hybridized carbons (Fsp3) is 0.600. The largest absolute Gasteiger partial charge is 0.318 e. The molecule has 0 aliphatic carbocycles. The van der Waals surface area contributed by atoms with E-state index in [1.807, 2.05) is 13.8 Å². The van der Waals surface area contributed by atoms with Crippen LogP contribution >= 0.6 is 12.4 Å². The molecular formula is C15H24ClN7O. The summed E-state index contributed by atoms with van der Waals surface area (Å²) in [5.74, 6) is 0.284. The van der Waals surface area contributed by atoms with Crippen LogP contribution in [0.3, 0.4) is 0 Å². The van der Waals surface area contributed by atoms with Crippen molar-refractivity contribution in [1.82, 2.24) is 30.1 Å². The van der Waals surface area contributed by atoms with Gasteiger partial charge in [0.1, 0.15) is 0 Å². The van der Waals surface area contributed by atoms with Crippen LogP contribution < -0.4 is 10.6 Å². The maximum atomic E-state index is 12.2. The molecule has 0 radical (unpaired) electrons. The number of rotatable bonds is 5. The van der Waals surface area contributed by atoms with Crippen molar-refractivity contribution < 1.29 is 4.79 Å². The minimum Gasteiger partial charge on any atom is -0.318 e. The van der Waals surface area contributed by atoms with Gasteiger partial charge in [0, 0.05) is 18.8 Å². The van der Waals surface area contributed by atoms with E-state index in [0.29, 0.717) is 17.3 Å². The van der Waals surface area contributed by atoms with Crippen LogP contribution in [-0.2, 0) is 6.54 Å². The van der Waals surface area contributed by atoms with E-state index in [2.05, 4.69) is 26.0 Å². The summed E-state index contributed by atoms with van der Waals surface area (Å²) in [5, 5.41) is 18.4. The van der Waals surface area contributed by atoms with Gasteiger partial charge in [0.2, 0.25) is 0 Å². The summed E-state index contributed by atoms with van der Waals surface area (Å²) in [6.07, 6.45) is 7.52. The third kappa shape index (κ3) is 4.55. The molecule has 1 aliphatic heterocycles. The zero-order valence-electron chi connectivity index (χ0n) is 14.0. The molecule has 1 aliphatic rings. The number of carbonyl (C=O) groups excluding carboxylic acids is 1. The van der Waals surface area contributed by atoms with Crippen molar-refractivity contribution in [3.8, 4) is 0 Å². The third-order valence-electron chi connectivity index (χ3n) is 4.00. The van der Waals surface area contributed by atoms with Crippen LogP contribution in [-0.4, -0.2) is 43.8 Å². The number of amides is 1. The second-order valence-corrected chi connectivity index (χ2v) is 6.30. The zero-order chi connectivity index (χ0) is 16.2. The third-order valence-corrected chi connectivity index (χ3v) is 4.00. The van der Waals surface area contributed by atoms with Gasteiger partial charge < -0.3 is 10.6 Å². The number of piperidine rings is 1. The molecule has 0 aromatic carbocycles. The molecule has 3 heterocycles. The van der Waals surface area contributed by atoms with E-state index < -0.39 is 0 Å². The van der Waals surface area contributed by atoms with Crippen molar-refractivity contribution in [2.75, 3.05) is 18.4 Å². The minimum atomic E-state index is -0.263. The van der Waals surface area contributed by atoms with Crippen molar-refractivity contribution in [3.63, 3.8) is 0 Å². The molecule has 1 atom stereocenters. The van der Waals surface area contributed by atoms with Gasteiger partial charge in [0.25, 0.3) is 5.91 Å². The van der Waals surface area contributed by atoms with E-state index in [1.165, 1.54) is 12.8 Å². The van der Waals surface area contributed by atoms with Gasteiger partial charge in [-0.25, -0.2) is 0 Å². The van der Waals surface area contributed by atoms with Gasteiger partial charge in [-0.1, -0.05) is 5.21 Å². The fourth-order valence-corrected chi connectivity index (χ4v) is 2.72. The molecule has 1 amide bonds. The highest BCUT2D eigenvalue weighted by Gasteiger charge is 2.17. The van der Waals surface area contributed by atoms with E-state index in [1.54, 1.807) is 28.0 Å². The second kappa shape index (κ2) is 8.25. The number of anilines is 1. The lowest BCUT2D eigenvalue weighted by Gasteiger charge is -2.22. The van der Waals surface area contributed by atoms with Gasteiger partial charge in [-0.2, -0.15) is 5.10 Å². The Balaban J connectivity index is 0.00000208. The van der Waals surface area contributed by atoms with Crippen molar-refractivity contribution >= 4 is 24.0 Å². The number of carbonyl (C=O) groups is 1. The van der Waals surface area contributed by atoms with Crippen molar-refractivity contribution in [2.45, 2.75) is 39.3 Å². The Morgan fingerprint density at radius 1 is 1.46 bits per heavy atom. The smallest absolute Gasteiger partial charge is 0.277 e. The predicted molar refractivity (Wildman–Crippen MR) is 93.4 cm³/mol. The molecule has 0 bridgehead atoms. The molecule has 24 heavy (non-hydrogen) atoms. The van der Waals surface area contributed by atoms with Crippen LogP contribution in [0.25, 0.3) is 0 Å².